The van der Waals surface area contributed by atoms with Gasteiger partial charge >= 0.3 is 29.9 Å². The van der Waals surface area contributed by atoms with E-state index in [1.54, 1.807) is 12.1 Å². The van der Waals surface area contributed by atoms with E-state index < -0.39 is 60.9 Å². The van der Waals surface area contributed by atoms with Crippen LogP contribution < -0.4 is 0 Å². The second-order valence-electron chi connectivity index (χ2n) is 14.5. The molecule has 4 rings (SSSR count). The summed E-state index contributed by atoms with van der Waals surface area (Å²) in [5, 5.41) is 30.1. The number of phenolic OH excluding ortho intramolecular Hbond substituents is 1. The van der Waals surface area contributed by atoms with E-state index >= 15 is 4.39 Å². The maximum absolute atomic E-state index is 16.3. The monoisotopic (exact) mass is 718 g/mol. The zero-order valence-electron chi connectivity index (χ0n) is 27.2. The van der Waals surface area contributed by atoms with Gasteiger partial charge in [0.05, 0.1) is 12.0 Å². The molecule has 4 nitrogen and oxygen atoms in total. The molecule has 14 heteroatoms. The van der Waals surface area contributed by atoms with Crippen molar-refractivity contribution in [3.05, 3.63) is 41.5 Å². The van der Waals surface area contributed by atoms with Crippen molar-refractivity contribution in [3.63, 3.8) is 0 Å². The van der Waals surface area contributed by atoms with Crippen LogP contribution in [0.25, 0.3) is 0 Å². The van der Waals surface area contributed by atoms with Crippen molar-refractivity contribution < 1.29 is 64.0 Å². The Morgan fingerprint density at radius 3 is 2.16 bits per heavy atom. The lowest BCUT2D eigenvalue weighted by Crippen LogP contribution is -2.60. The van der Waals surface area contributed by atoms with E-state index in [1.165, 1.54) is 6.07 Å². The van der Waals surface area contributed by atoms with E-state index in [4.69, 9.17) is 0 Å². The number of aliphatic carboxylic acids is 1. The number of aliphatic hydroxyl groups excluding tert-OH is 1. The Morgan fingerprint density at radius 2 is 1.55 bits per heavy atom. The van der Waals surface area contributed by atoms with Crippen LogP contribution in [0.1, 0.15) is 114 Å². The molecule has 0 aliphatic heterocycles. The highest BCUT2D eigenvalue weighted by Gasteiger charge is 2.81. The Labute approximate surface area is 279 Å². The summed E-state index contributed by atoms with van der Waals surface area (Å²) in [4.78, 5) is 11.5. The first kappa shape index (κ1) is 39.3. The summed E-state index contributed by atoms with van der Waals surface area (Å²) >= 11 is 0. The van der Waals surface area contributed by atoms with Crippen molar-refractivity contribution in [1.82, 2.24) is 0 Å². The number of alkyl halides is 10. The van der Waals surface area contributed by atoms with Crippen molar-refractivity contribution in [2.75, 3.05) is 0 Å². The van der Waals surface area contributed by atoms with E-state index in [-0.39, 0.29) is 47.7 Å². The number of hydrogen-bond donors (Lipinski definition) is 3. The van der Waals surface area contributed by atoms with Crippen LogP contribution in [0.5, 0.6) is 5.75 Å². The summed E-state index contributed by atoms with van der Waals surface area (Å²) in [7, 11) is 0. The van der Waals surface area contributed by atoms with Gasteiger partial charge in [0.15, 0.2) is 0 Å². The van der Waals surface area contributed by atoms with E-state index in [9.17, 15) is 59.6 Å². The van der Waals surface area contributed by atoms with Crippen LogP contribution >= 0.6 is 0 Å². The second kappa shape index (κ2) is 14.3. The molecule has 0 bridgehead atoms. The molecule has 3 aliphatic rings. The molecule has 0 aromatic heterocycles. The van der Waals surface area contributed by atoms with Crippen molar-refractivity contribution in [3.8, 4) is 5.75 Å². The van der Waals surface area contributed by atoms with Crippen LogP contribution in [0.4, 0.5) is 43.9 Å². The minimum atomic E-state index is -7.01. The van der Waals surface area contributed by atoms with Gasteiger partial charge < -0.3 is 15.3 Å². The quantitative estimate of drug-likeness (QED) is 0.0959. The molecule has 1 aromatic rings. The maximum Gasteiger partial charge on any atom is 0.460 e. The molecule has 0 spiro atoms. The van der Waals surface area contributed by atoms with Crippen LogP contribution in [-0.2, 0) is 4.79 Å². The van der Waals surface area contributed by atoms with Crippen LogP contribution in [-0.4, -0.2) is 51.3 Å². The van der Waals surface area contributed by atoms with Gasteiger partial charge in [0.25, 0.3) is 0 Å². The lowest BCUT2D eigenvalue weighted by Gasteiger charge is -2.53. The SMILES string of the molecule is C=C1[C@H](O)CC2C3C(CC[C@]12C)c1ccc(O)cc1[C@H](F)C3CCCCCCCCC(CCC(F)(F)C(F)(F)C(F)(F)C(F)(F)F)C(=O)O. The second-order valence-corrected chi connectivity index (χ2v) is 14.5. The fraction of sp³-hybridized carbons (Fsp3) is 0.743. The molecule has 0 radical (unpaired) electrons. The number of phenols is 1. The molecule has 5 unspecified atom stereocenters. The van der Waals surface area contributed by atoms with Crippen LogP contribution in [0.15, 0.2) is 30.4 Å². The van der Waals surface area contributed by atoms with Gasteiger partial charge in [-0.15, -0.1) is 0 Å². The Bertz CT molecular complexity index is 1350. The molecule has 0 saturated heterocycles. The minimum absolute atomic E-state index is 0.0105. The van der Waals surface area contributed by atoms with E-state index in [1.807, 2.05) is 0 Å². The van der Waals surface area contributed by atoms with Crippen LogP contribution in [0.2, 0.25) is 0 Å². The fourth-order valence-corrected chi connectivity index (χ4v) is 8.77. The Kier molecular flexibility index (Phi) is 11.4. The number of aromatic hydroxyl groups is 1. The van der Waals surface area contributed by atoms with Crippen molar-refractivity contribution in [1.29, 1.82) is 0 Å². The average Bonchev–Trinajstić information content (AvgIpc) is 3.24. The molecule has 2 fully saturated rings. The lowest BCUT2D eigenvalue weighted by atomic mass is 9.51. The zero-order chi connectivity index (χ0) is 36.7. The number of rotatable bonds is 15. The van der Waals surface area contributed by atoms with Gasteiger partial charge in [0.1, 0.15) is 11.9 Å². The molecule has 278 valence electrons. The molecule has 8 atom stereocenters. The van der Waals surface area contributed by atoms with Gasteiger partial charge in [0, 0.05) is 6.42 Å². The summed E-state index contributed by atoms with van der Waals surface area (Å²) in [5.41, 5.74) is 1.89. The number of unbranched alkanes of at least 4 members (excludes halogenated alkanes) is 5. The van der Waals surface area contributed by atoms with Crippen LogP contribution in [0.3, 0.4) is 0 Å². The van der Waals surface area contributed by atoms with Gasteiger partial charge in [-0.2, -0.15) is 39.5 Å². The Balaban J connectivity index is 1.28. The lowest BCUT2D eigenvalue weighted by molar-refractivity contribution is -0.396. The maximum atomic E-state index is 16.3. The highest BCUT2D eigenvalue weighted by Crippen LogP contribution is 2.66. The third-order valence-corrected chi connectivity index (χ3v) is 11.7. The first-order valence-corrected chi connectivity index (χ1v) is 16.9. The van der Waals surface area contributed by atoms with Crippen molar-refractivity contribution in [2.24, 2.45) is 29.1 Å². The first-order chi connectivity index (χ1) is 22.6. The topological polar surface area (TPSA) is 77.8 Å². The highest BCUT2D eigenvalue weighted by molar-refractivity contribution is 5.69. The summed E-state index contributed by atoms with van der Waals surface area (Å²) in [6, 6.07) is 4.87. The molecule has 0 heterocycles. The van der Waals surface area contributed by atoms with Crippen molar-refractivity contribution in [2.45, 2.75) is 133 Å². The molecule has 3 aliphatic carbocycles. The number of fused-ring (bicyclic) bond motifs is 5. The van der Waals surface area contributed by atoms with Gasteiger partial charge in [-0.05, 0) is 96.4 Å². The summed E-state index contributed by atoms with van der Waals surface area (Å²) in [6.45, 7) is 6.27. The largest absolute Gasteiger partial charge is 0.508 e. The number of benzene rings is 1. The van der Waals surface area contributed by atoms with Crippen LogP contribution in [0, 0.1) is 29.1 Å². The molecule has 49 heavy (non-hydrogen) atoms. The number of carboxylic acid groups (broad SMARTS) is 1. The summed E-state index contributed by atoms with van der Waals surface area (Å²) in [6.07, 6.45) is -6.62. The van der Waals surface area contributed by atoms with Gasteiger partial charge in [0.2, 0.25) is 0 Å². The number of carboxylic acids is 1. The Morgan fingerprint density at radius 1 is 0.939 bits per heavy atom. The number of hydrogen-bond acceptors (Lipinski definition) is 3. The normalized spacial score (nSPS) is 29.7. The number of aliphatic hydroxyl groups is 1. The standard InChI is InChI=1S/C35H44F10O4/c1-19-27(47)18-26-28-23(14-15-31(19,26)2)22-12-11-21(46)17-25(22)29(36)24(28)10-8-6-4-3-5-7-9-20(30(48)49)13-16-32(37,38)33(39,40)34(41,42)35(43,44)45/h11-12,17,20,23-24,26-29,46-47H,1,3-10,13-16,18H2,2H3,(H,48,49)/t20?,23?,24?,26?,27-,28?,29-,31-/m1/s1. The molecule has 0 amide bonds. The smallest absolute Gasteiger partial charge is 0.460 e. The number of carbonyl (C=O) groups is 1. The van der Waals surface area contributed by atoms with Gasteiger partial charge in [-0.3, -0.25) is 4.79 Å². The number of halogens is 10. The third kappa shape index (κ3) is 7.31. The van der Waals surface area contributed by atoms with Gasteiger partial charge in [-0.1, -0.05) is 58.1 Å². The molecular weight excluding hydrogens is 674 g/mol. The van der Waals surface area contributed by atoms with Gasteiger partial charge in [-0.25, -0.2) is 4.39 Å². The van der Waals surface area contributed by atoms with Crippen molar-refractivity contribution >= 4 is 5.97 Å². The van der Waals surface area contributed by atoms with E-state index in [0.29, 0.717) is 50.5 Å². The average molecular weight is 719 g/mol. The summed E-state index contributed by atoms with van der Waals surface area (Å²) < 4.78 is 134. The molecular formula is C35H44F10O4. The predicted octanol–water partition coefficient (Wildman–Crippen LogP) is 10.5. The fourth-order valence-electron chi connectivity index (χ4n) is 8.77. The molecule has 2 saturated carbocycles. The third-order valence-electron chi connectivity index (χ3n) is 11.7. The zero-order valence-corrected chi connectivity index (χ0v) is 27.2. The Hall–Kier alpha value is -2.51. The summed E-state index contributed by atoms with van der Waals surface area (Å²) in [5.74, 6) is -23.1. The minimum Gasteiger partial charge on any atom is -0.508 e. The van der Waals surface area contributed by atoms with E-state index in [0.717, 1.165) is 24.0 Å². The first-order valence-electron chi connectivity index (χ1n) is 16.9. The molecule has 3 N–H and O–H groups in total. The molecule has 1 aromatic carbocycles. The highest BCUT2D eigenvalue weighted by atomic mass is 19.4. The van der Waals surface area contributed by atoms with E-state index in [2.05, 4.69) is 13.5 Å². The predicted molar refractivity (Wildman–Crippen MR) is 160 cm³/mol.